The minimum atomic E-state index is -0.995. The predicted octanol–water partition coefficient (Wildman–Crippen LogP) is -6.26. The van der Waals surface area contributed by atoms with Gasteiger partial charge in [-0.1, -0.05) is 41.5 Å². The molecule has 0 N–H and O–H groups in total. The van der Waals surface area contributed by atoms with E-state index >= 15 is 0 Å². The van der Waals surface area contributed by atoms with Gasteiger partial charge in [-0.2, -0.15) is 0 Å². The van der Waals surface area contributed by atoms with E-state index in [-0.39, 0.29) is 141 Å². The fraction of sp³-hybridized carbons (Fsp3) is 0.667. The molecule has 0 saturated carbocycles. The molecule has 2 radical (unpaired) electrons. The Bertz CT molecular complexity index is 367. The molecule has 0 heterocycles. The van der Waals surface area contributed by atoms with Crippen molar-refractivity contribution >= 4 is 139 Å². The standard InChI is InChI=1S/6C3H6O2.2Ca.Pb/c6*1-2-3(4)5;;;/h6*2H2,1H3,(H,4,5);;;/q;;;;;;3*+2/p-6. The SMILES string of the molecule is CCC(=O)[O-].CCC(=O)[O-].CCC(=O)[O-].CCC(=O)[O-].CCC(=O)[O-].CCC(=O)[O-].[Ca+2].[Ca+2].[Pb+2]. The summed E-state index contributed by atoms with van der Waals surface area (Å²) < 4.78 is 0. The van der Waals surface area contributed by atoms with Crippen LogP contribution < -0.4 is 30.6 Å². The second-order valence-electron chi connectivity index (χ2n) is 4.35. The predicted molar refractivity (Wildman–Crippen MR) is 109 cm³/mol. The van der Waals surface area contributed by atoms with Crippen LogP contribution in [-0.2, 0) is 28.8 Å². The summed E-state index contributed by atoms with van der Waals surface area (Å²) in [6.45, 7) is 9.22. The first-order valence-electron chi connectivity index (χ1n) is 8.81. The first-order chi connectivity index (χ1) is 13.6. The summed E-state index contributed by atoms with van der Waals surface area (Å²) in [7, 11) is 0. The van der Waals surface area contributed by atoms with Crippen molar-refractivity contribution in [2.45, 2.75) is 80.1 Å². The maximum atomic E-state index is 9.26. The third-order valence-electron chi connectivity index (χ3n) is 1.73. The van der Waals surface area contributed by atoms with Crippen molar-refractivity contribution in [2.24, 2.45) is 0 Å². The van der Waals surface area contributed by atoms with E-state index in [0.29, 0.717) is 0 Å². The van der Waals surface area contributed by atoms with Crippen LogP contribution in [0.15, 0.2) is 0 Å². The molecule has 0 aliphatic heterocycles. The largest absolute Gasteiger partial charge is 2.00 e. The Morgan fingerprint density at radius 2 is 0.394 bits per heavy atom. The summed E-state index contributed by atoms with van der Waals surface area (Å²) in [5, 5.41) is 55.5. The summed E-state index contributed by atoms with van der Waals surface area (Å²) >= 11 is 0. The Balaban J connectivity index is -0.0000000294. The minimum absolute atomic E-state index is 0. The Morgan fingerprint density at radius 1 is 0.364 bits per heavy atom. The van der Waals surface area contributed by atoms with E-state index in [9.17, 15) is 59.4 Å². The second kappa shape index (κ2) is 53.6. The molecule has 0 bridgehead atoms. The Morgan fingerprint density at radius 3 is 0.394 bits per heavy atom. The first-order valence-corrected chi connectivity index (χ1v) is 8.81. The zero-order valence-corrected chi connectivity index (χ0v) is 28.4. The van der Waals surface area contributed by atoms with E-state index in [4.69, 9.17) is 0 Å². The van der Waals surface area contributed by atoms with Gasteiger partial charge < -0.3 is 59.4 Å². The molecule has 15 heteroatoms. The number of rotatable bonds is 6. The molecule has 0 aromatic carbocycles. The van der Waals surface area contributed by atoms with Crippen LogP contribution in [0.5, 0.6) is 0 Å². The van der Waals surface area contributed by atoms with Crippen LogP contribution in [0.4, 0.5) is 0 Å². The van der Waals surface area contributed by atoms with E-state index in [1.54, 1.807) is 0 Å². The van der Waals surface area contributed by atoms with Gasteiger partial charge in [-0.15, -0.1) is 0 Å². The molecular weight excluding hydrogens is 696 g/mol. The van der Waals surface area contributed by atoms with Gasteiger partial charge in [0.2, 0.25) is 0 Å². The van der Waals surface area contributed by atoms with Crippen LogP contribution in [0.25, 0.3) is 0 Å². The molecule has 0 saturated heterocycles. The third kappa shape index (κ3) is 197. The van der Waals surface area contributed by atoms with Crippen LogP contribution in [0.3, 0.4) is 0 Å². The van der Waals surface area contributed by atoms with Crippen molar-refractivity contribution in [3.63, 3.8) is 0 Å². The van der Waals surface area contributed by atoms with Crippen molar-refractivity contribution in [3.8, 4) is 0 Å². The quantitative estimate of drug-likeness (QED) is 0.232. The van der Waals surface area contributed by atoms with Gasteiger partial charge in [0.05, 0.1) is 0 Å². The molecule has 0 aromatic heterocycles. The van der Waals surface area contributed by atoms with Gasteiger partial charge in [0.25, 0.3) is 0 Å². The summed E-state index contributed by atoms with van der Waals surface area (Å²) in [5.41, 5.74) is 0. The fourth-order valence-electron chi connectivity index (χ4n) is 0. The van der Waals surface area contributed by atoms with Crippen LogP contribution in [0, 0.1) is 0 Å². The molecule has 0 aliphatic carbocycles. The van der Waals surface area contributed by atoms with Gasteiger partial charge >= 0.3 is 103 Å². The Hall–Kier alpha value is 0.262. The molecule has 182 valence electrons. The van der Waals surface area contributed by atoms with E-state index in [2.05, 4.69) is 0 Å². The zero-order chi connectivity index (χ0) is 25.7. The summed E-state index contributed by atoms with van der Waals surface area (Å²) in [5.74, 6) is -5.97. The van der Waals surface area contributed by atoms with Crippen molar-refractivity contribution < 1.29 is 59.4 Å². The topological polar surface area (TPSA) is 241 Å². The smallest absolute Gasteiger partial charge is 0.550 e. The third-order valence-corrected chi connectivity index (χ3v) is 1.73. The van der Waals surface area contributed by atoms with E-state index in [1.165, 1.54) is 41.5 Å². The number of carbonyl (C=O) groups excluding carboxylic acids is 6. The number of carboxylic acids is 6. The molecule has 0 atom stereocenters. The van der Waals surface area contributed by atoms with Gasteiger partial charge in [-0.3, -0.25) is 0 Å². The van der Waals surface area contributed by atoms with Crippen LogP contribution in [0.1, 0.15) is 80.1 Å². The molecule has 0 aromatic rings. The molecule has 0 aliphatic rings. The number of carbonyl (C=O) groups is 6. The van der Waals surface area contributed by atoms with Gasteiger partial charge in [0, 0.05) is 35.8 Å². The fourth-order valence-corrected chi connectivity index (χ4v) is 0. The molecule has 0 fully saturated rings. The number of carboxylic acid groups (broad SMARTS) is 6. The second-order valence-corrected chi connectivity index (χ2v) is 4.35. The number of aliphatic carboxylic acids is 6. The van der Waals surface area contributed by atoms with Gasteiger partial charge in [0.1, 0.15) is 0 Å². The van der Waals surface area contributed by atoms with Crippen molar-refractivity contribution in [1.29, 1.82) is 0 Å². The van der Waals surface area contributed by atoms with Crippen LogP contribution in [0.2, 0.25) is 0 Å². The number of hydrogen-bond donors (Lipinski definition) is 0. The average Bonchev–Trinajstić information content (AvgIpc) is 2.69. The van der Waals surface area contributed by atoms with Gasteiger partial charge in [-0.05, 0) is 38.5 Å². The van der Waals surface area contributed by atoms with E-state index < -0.39 is 35.8 Å². The average molecular weight is 726 g/mol. The summed E-state index contributed by atoms with van der Waals surface area (Å²) in [4.78, 5) is 55.5. The monoisotopic (exact) mass is 726 g/mol. The molecule has 0 spiro atoms. The maximum Gasteiger partial charge on any atom is 2.00 e. The van der Waals surface area contributed by atoms with Crippen LogP contribution >= 0.6 is 0 Å². The van der Waals surface area contributed by atoms with Gasteiger partial charge in [-0.25, -0.2) is 0 Å². The summed E-state index contributed by atoms with van der Waals surface area (Å²) in [6.07, 6.45) is 0.667. The van der Waals surface area contributed by atoms with E-state index in [1.807, 2.05) is 0 Å². The van der Waals surface area contributed by atoms with Crippen LogP contribution in [-0.4, -0.2) is 139 Å². The number of hydrogen-bond acceptors (Lipinski definition) is 12. The Kier molecular flexibility index (Phi) is 95.5. The van der Waals surface area contributed by atoms with Crippen molar-refractivity contribution in [1.82, 2.24) is 0 Å². The normalized spacial score (nSPS) is 6.73. The molecule has 12 nitrogen and oxygen atoms in total. The van der Waals surface area contributed by atoms with Gasteiger partial charge in [0.15, 0.2) is 0 Å². The first kappa shape index (κ1) is 58.8. The minimum Gasteiger partial charge on any atom is -0.550 e. The van der Waals surface area contributed by atoms with Crippen molar-refractivity contribution in [3.05, 3.63) is 0 Å². The summed E-state index contributed by atoms with van der Waals surface area (Å²) in [6, 6.07) is 0. The van der Waals surface area contributed by atoms with E-state index in [0.717, 1.165) is 0 Å². The molecule has 33 heavy (non-hydrogen) atoms. The zero-order valence-electron chi connectivity index (χ0n) is 20.1. The maximum absolute atomic E-state index is 9.26. The Labute approximate surface area is 274 Å². The van der Waals surface area contributed by atoms with Crippen molar-refractivity contribution in [2.75, 3.05) is 0 Å². The molecular formula is C18H30Ca2O12Pb. The molecule has 0 unspecified atom stereocenters. The molecule has 0 amide bonds. The molecule has 0 rings (SSSR count).